The minimum atomic E-state index is -0.920. The van der Waals surface area contributed by atoms with Crippen molar-refractivity contribution >= 4 is 11.8 Å². The van der Waals surface area contributed by atoms with Crippen LogP contribution in [0.25, 0.3) is 0 Å². The summed E-state index contributed by atoms with van der Waals surface area (Å²) in [6.07, 6.45) is 7.71. The van der Waals surface area contributed by atoms with Gasteiger partial charge in [0.05, 0.1) is 0 Å². The molecule has 2 rings (SSSR count). The van der Waals surface area contributed by atoms with Gasteiger partial charge in [-0.05, 0) is 50.7 Å². The molecule has 1 aromatic heterocycles. The average molecular weight is 260 g/mol. The van der Waals surface area contributed by atoms with Crippen molar-refractivity contribution in [3.8, 4) is 0 Å². The summed E-state index contributed by atoms with van der Waals surface area (Å²) >= 11 is 0. The predicted molar refractivity (Wildman–Crippen MR) is 75.6 cm³/mol. The minimum Gasteiger partial charge on any atom is -0.478 e. The van der Waals surface area contributed by atoms with E-state index in [9.17, 15) is 9.90 Å². The van der Waals surface area contributed by atoms with Crippen molar-refractivity contribution in [3.63, 3.8) is 0 Å². The van der Waals surface area contributed by atoms with Gasteiger partial charge in [-0.3, -0.25) is 0 Å². The van der Waals surface area contributed by atoms with Crippen molar-refractivity contribution < 1.29 is 9.90 Å². The summed E-state index contributed by atoms with van der Waals surface area (Å²) in [5.74, 6) is 0.143. The third kappa shape index (κ3) is 3.34. The Morgan fingerprint density at radius 1 is 1.47 bits per heavy atom. The van der Waals surface area contributed by atoms with Crippen molar-refractivity contribution in [2.75, 3.05) is 11.9 Å². The van der Waals surface area contributed by atoms with Gasteiger partial charge in [-0.2, -0.15) is 0 Å². The lowest BCUT2D eigenvalue weighted by Gasteiger charge is -2.19. The third-order valence-electron chi connectivity index (χ3n) is 3.49. The first kappa shape index (κ1) is 13.6. The quantitative estimate of drug-likeness (QED) is 0.816. The maximum atomic E-state index is 11.3. The highest BCUT2D eigenvalue weighted by atomic mass is 16.4. The molecular formula is C15H20N2O2. The summed E-state index contributed by atoms with van der Waals surface area (Å²) in [7, 11) is 0. The number of carboxylic acids is 1. The SMILES string of the molecule is Cc1cc(C)c(C(=O)O)c(NCC2CC=CCC2)n1. The minimum absolute atomic E-state index is 0.289. The van der Waals surface area contributed by atoms with Crippen LogP contribution in [0.15, 0.2) is 18.2 Å². The van der Waals surface area contributed by atoms with Crippen molar-refractivity contribution in [2.24, 2.45) is 5.92 Å². The average Bonchev–Trinajstić information content (AvgIpc) is 2.36. The van der Waals surface area contributed by atoms with E-state index < -0.39 is 5.97 Å². The Morgan fingerprint density at radius 3 is 2.89 bits per heavy atom. The molecule has 4 nitrogen and oxygen atoms in total. The molecule has 19 heavy (non-hydrogen) atoms. The number of aryl methyl sites for hydroxylation is 2. The summed E-state index contributed by atoms with van der Waals surface area (Å²) in [5, 5.41) is 12.5. The van der Waals surface area contributed by atoms with Gasteiger partial charge in [-0.25, -0.2) is 9.78 Å². The smallest absolute Gasteiger partial charge is 0.339 e. The lowest BCUT2D eigenvalue weighted by molar-refractivity contribution is 0.0697. The Bertz CT molecular complexity index is 509. The number of hydrogen-bond donors (Lipinski definition) is 2. The zero-order chi connectivity index (χ0) is 13.8. The summed E-state index contributed by atoms with van der Waals surface area (Å²) in [4.78, 5) is 15.6. The number of carboxylic acid groups (broad SMARTS) is 1. The van der Waals surface area contributed by atoms with E-state index in [2.05, 4.69) is 22.5 Å². The number of hydrogen-bond acceptors (Lipinski definition) is 3. The predicted octanol–water partition coefficient (Wildman–Crippen LogP) is 3.16. The fraction of sp³-hybridized carbons (Fsp3) is 0.467. The zero-order valence-electron chi connectivity index (χ0n) is 11.4. The second-order valence-corrected chi connectivity index (χ2v) is 5.14. The summed E-state index contributed by atoms with van der Waals surface area (Å²) in [5.41, 5.74) is 1.89. The lowest BCUT2D eigenvalue weighted by atomic mass is 9.94. The van der Waals surface area contributed by atoms with Gasteiger partial charge in [-0.1, -0.05) is 12.2 Å². The molecule has 102 valence electrons. The maximum Gasteiger partial charge on any atom is 0.339 e. The number of nitrogens with one attached hydrogen (secondary N) is 1. The van der Waals surface area contributed by atoms with Crippen molar-refractivity contribution in [1.82, 2.24) is 4.98 Å². The van der Waals surface area contributed by atoms with Gasteiger partial charge in [-0.15, -0.1) is 0 Å². The van der Waals surface area contributed by atoms with Crippen LogP contribution in [0.4, 0.5) is 5.82 Å². The monoisotopic (exact) mass is 260 g/mol. The van der Waals surface area contributed by atoms with E-state index in [1.54, 1.807) is 6.07 Å². The molecule has 0 aromatic carbocycles. The van der Waals surface area contributed by atoms with Crippen molar-refractivity contribution in [2.45, 2.75) is 33.1 Å². The van der Waals surface area contributed by atoms with Gasteiger partial charge in [0.2, 0.25) is 0 Å². The van der Waals surface area contributed by atoms with Crippen LogP contribution in [-0.2, 0) is 0 Å². The van der Waals surface area contributed by atoms with Gasteiger partial charge in [0.15, 0.2) is 0 Å². The Hall–Kier alpha value is -1.84. The van der Waals surface area contributed by atoms with Gasteiger partial charge >= 0.3 is 5.97 Å². The molecule has 0 amide bonds. The standard InChI is InChI=1S/C15H20N2O2/c1-10-8-11(2)17-14(13(10)15(18)19)16-9-12-6-4-3-5-7-12/h3-4,8,12H,5-7,9H2,1-2H3,(H,16,17)(H,18,19). The van der Waals surface area contributed by atoms with Crippen LogP contribution < -0.4 is 5.32 Å². The molecule has 1 aliphatic carbocycles. The number of pyridine rings is 1. The highest BCUT2D eigenvalue weighted by Crippen LogP contribution is 2.22. The molecule has 0 aliphatic heterocycles. The molecule has 0 radical (unpaired) electrons. The van der Waals surface area contributed by atoms with E-state index >= 15 is 0 Å². The van der Waals surface area contributed by atoms with E-state index in [0.29, 0.717) is 11.7 Å². The normalized spacial score (nSPS) is 18.3. The first-order chi connectivity index (χ1) is 9.08. The fourth-order valence-corrected chi connectivity index (χ4v) is 2.52. The van der Waals surface area contributed by atoms with Gasteiger partial charge in [0, 0.05) is 12.2 Å². The molecule has 2 N–H and O–H groups in total. The van der Waals surface area contributed by atoms with Crippen LogP contribution in [0.1, 0.15) is 40.9 Å². The summed E-state index contributed by atoms with van der Waals surface area (Å²) < 4.78 is 0. The van der Waals surface area contributed by atoms with Crippen LogP contribution in [0.5, 0.6) is 0 Å². The molecule has 0 spiro atoms. The number of anilines is 1. The second-order valence-electron chi connectivity index (χ2n) is 5.14. The molecule has 0 saturated heterocycles. The Labute approximate surface area is 113 Å². The largest absolute Gasteiger partial charge is 0.478 e. The number of aromatic nitrogens is 1. The van der Waals surface area contributed by atoms with Crippen LogP contribution in [-0.4, -0.2) is 22.6 Å². The van der Waals surface area contributed by atoms with E-state index in [4.69, 9.17) is 0 Å². The Morgan fingerprint density at radius 2 is 2.26 bits per heavy atom. The number of nitrogens with zero attached hydrogens (tertiary/aromatic N) is 1. The van der Waals surface area contributed by atoms with Crippen molar-refractivity contribution in [1.29, 1.82) is 0 Å². The first-order valence-electron chi connectivity index (χ1n) is 6.68. The molecular weight excluding hydrogens is 240 g/mol. The van der Waals surface area contributed by atoms with E-state index in [-0.39, 0.29) is 5.56 Å². The Kier molecular flexibility index (Phi) is 4.20. The topological polar surface area (TPSA) is 62.2 Å². The molecule has 1 aliphatic rings. The third-order valence-corrected chi connectivity index (χ3v) is 3.49. The van der Waals surface area contributed by atoms with Gasteiger partial charge in [0.1, 0.15) is 11.4 Å². The van der Waals surface area contributed by atoms with E-state index in [1.165, 1.54) is 0 Å². The highest BCUT2D eigenvalue weighted by Gasteiger charge is 2.17. The molecule has 1 heterocycles. The molecule has 1 atom stereocenters. The van der Waals surface area contributed by atoms with Crippen LogP contribution in [0.2, 0.25) is 0 Å². The zero-order valence-corrected chi connectivity index (χ0v) is 11.4. The molecule has 1 aromatic rings. The van der Waals surface area contributed by atoms with Gasteiger partial charge < -0.3 is 10.4 Å². The van der Waals surface area contributed by atoms with Crippen LogP contribution >= 0.6 is 0 Å². The fourth-order valence-electron chi connectivity index (χ4n) is 2.52. The number of rotatable bonds is 4. The number of aromatic carboxylic acids is 1. The second kappa shape index (κ2) is 5.87. The van der Waals surface area contributed by atoms with E-state index in [1.807, 2.05) is 13.8 Å². The van der Waals surface area contributed by atoms with Gasteiger partial charge in [0.25, 0.3) is 0 Å². The molecule has 0 bridgehead atoms. The summed E-state index contributed by atoms with van der Waals surface area (Å²) in [6, 6.07) is 1.80. The van der Waals surface area contributed by atoms with Crippen molar-refractivity contribution in [3.05, 3.63) is 35.0 Å². The molecule has 1 unspecified atom stereocenters. The summed E-state index contributed by atoms with van der Waals surface area (Å²) in [6.45, 7) is 4.47. The molecule has 0 saturated carbocycles. The highest BCUT2D eigenvalue weighted by molar-refractivity contribution is 5.94. The number of allylic oxidation sites excluding steroid dienone is 2. The van der Waals surface area contributed by atoms with Crippen LogP contribution in [0.3, 0.4) is 0 Å². The molecule has 4 heteroatoms. The lowest BCUT2D eigenvalue weighted by Crippen LogP contribution is -2.18. The van der Waals surface area contributed by atoms with E-state index in [0.717, 1.165) is 37.1 Å². The Balaban J connectivity index is 2.14. The number of carbonyl (C=O) groups is 1. The first-order valence-corrected chi connectivity index (χ1v) is 6.68. The molecule has 0 fully saturated rings. The van der Waals surface area contributed by atoms with Crippen LogP contribution in [0, 0.1) is 19.8 Å². The maximum absolute atomic E-state index is 11.3.